The van der Waals surface area contributed by atoms with E-state index in [9.17, 15) is 13.6 Å². The van der Waals surface area contributed by atoms with Gasteiger partial charge >= 0.3 is 0 Å². The summed E-state index contributed by atoms with van der Waals surface area (Å²) < 4.78 is 27.7. The fraction of sp³-hybridized carbons (Fsp3) is 0.357. The molecule has 0 spiro atoms. The molecule has 1 aromatic carbocycles. The maximum Gasteiger partial charge on any atom is 0.227 e. The van der Waals surface area contributed by atoms with Gasteiger partial charge in [-0.05, 0) is 37.5 Å². The number of carbonyl (C=O) groups is 1. The van der Waals surface area contributed by atoms with Gasteiger partial charge in [-0.2, -0.15) is 0 Å². The number of rotatable bonds is 5. The Morgan fingerprint density at radius 3 is 2.44 bits per heavy atom. The number of benzene rings is 1. The Kier molecular flexibility index (Phi) is 5.01. The monoisotopic (exact) mass is 253 g/mol. The fourth-order valence-corrected chi connectivity index (χ4v) is 1.91. The molecule has 0 aliphatic rings. The van der Waals surface area contributed by atoms with E-state index in [1.54, 1.807) is 13.0 Å². The number of halogens is 2. The highest BCUT2D eigenvalue weighted by atomic mass is 19.1. The lowest BCUT2D eigenvalue weighted by Crippen LogP contribution is -2.27. The van der Waals surface area contributed by atoms with E-state index >= 15 is 0 Å². The Bertz CT molecular complexity index is 434. The molecule has 0 fully saturated rings. The van der Waals surface area contributed by atoms with Gasteiger partial charge in [0.1, 0.15) is 11.6 Å². The first-order valence-corrected chi connectivity index (χ1v) is 5.79. The van der Waals surface area contributed by atoms with Crippen LogP contribution in [0.3, 0.4) is 0 Å². The van der Waals surface area contributed by atoms with E-state index < -0.39 is 23.5 Å². The first-order chi connectivity index (χ1) is 8.51. The third kappa shape index (κ3) is 3.15. The highest BCUT2D eigenvalue weighted by Crippen LogP contribution is 2.28. The Balaban J connectivity index is 3.19. The third-order valence-electron chi connectivity index (χ3n) is 2.79. The van der Waals surface area contributed by atoms with Gasteiger partial charge in [-0.3, -0.25) is 4.79 Å². The maximum absolute atomic E-state index is 13.8. The Morgan fingerprint density at radius 2 is 2.00 bits per heavy atom. The van der Waals surface area contributed by atoms with Gasteiger partial charge in [0.05, 0.1) is 5.92 Å². The summed E-state index contributed by atoms with van der Waals surface area (Å²) in [5.41, 5.74) is 0.329. The van der Waals surface area contributed by atoms with E-state index in [0.29, 0.717) is 18.4 Å². The van der Waals surface area contributed by atoms with Crippen LogP contribution in [0.25, 0.3) is 0 Å². The summed E-state index contributed by atoms with van der Waals surface area (Å²) in [6, 6.07) is 2.48. The van der Waals surface area contributed by atoms with E-state index in [2.05, 4.69) is 11.9 Å². The summed E-state index contributed by atoms with van der Waals surface area (Å²) in [6.45, 7) is 5.16. The zero-order chi connectivity index (χ0) is 13.7. The summed E-state index contributed by atoms with van der Waals surface area (Å²) in [6.07, 6.45) is 2.48. The Hall–Kier alpha value is -1.71. The molecule has 0 aliphatic carbocycles. The summed E-state index contributed by atoms with van der Waals surface area (Å²) in [7, 11) is 1.45. The molecule has 4 heteroatoms. The smallest absolute Gasteiger partial charge is 0.227 e. The molecule has 2 nitrogen and oxygen atoms in total. The van der Waals surface area contributed by atoms with Crippen molar-refractivity contribution >= 4 is 5.91 Å². The van der Waals surface area contributed by atoms with Crippen LogP contribution in [-0.2, 0) is 4.79 Å². The number of hydrogen-bond acceptors (Lipinski definition) is 1. The molecule has 0 radical (unpaired) electrons. The lowest BCUT2D eigenvalue weighted by molar-refractivity contribution is -0.122. The molecular formula is C14H17F2NO. The molecule has 98 valence electrons. The van der Waals surface area contributed by atoms with Gasteiger partial charge < -0.3 is 5.32 Å². The predicted molar refractivity (Wildman–Crippen MR) is 67.3 cm³/mol. The quantitative estimate of drug-likeness (QED) is 0.803. The SMILES string of the molecule is C=CCCC(C(=O)NC)c1c(F)cc(C)cc1F. The van der Waals surface area contributed by atoms with Crippen molar-refractivity contribution in [3.8, 4) is 0 Å². The van der Waals surface area contributed by atoms with Crippen LogP contribution < -0.4 is 5.32 Å². The molecule has 1 aromatic rings. The van der Waals surface area contributed by atoms with Crippen molar-refractivity contribution in [2.75, 3.05) is 7.05 Å². The van der Waals surface area contributed by atoms with Gasteiger partial charge in [-0.15, -0.1) is 6.58 Å². The van der Waals surface area contributed by atoms with Crippen LogP contribution in [0.5, 0.6) is 0 Å². The van der Waals surface area contributed by atoms with Crippen LogP contribution >= 0.6 is 0 Å². The van der Waals surface area contributed by atoms with Crippen molar-refractivity contribution in [1.82, 2.24) is 5.32 Å². The van der Waals surface area contributed by atoms with Crippen LogP contribution in [0.4, 0.5) is 8.78 Å². The molecule has 1 amide bonds. The van der Waals surface area contributed by atoms with Crippen molar-refractivity contribution in [3.05, 3.63) is 47.5 Å². The average molecular weight is 253 g/mol. The second kappa shape index (κ2) is 6.28. The Labute approximate surface area is 106 Å². The highest BCUT2D eigenvalue weighted by molar-refractivity contribution is 5.83. The highest BCUT2D eigenvalue weighted by Gasteiger charge is 2.25. The zero-order valence-corrected chi connectivity index (χ0v) is 10.6. The lowest BCUT2D eigenvalue weighted by atomic mass is 9.91. The molecule has 0 saturated heterocycles. The van der Waals surface area contributed by atoms with Crippen LogP contribution in [0.2, 0.25) is 0 Å². The lowest BCUT2D eigenvalue weighted by Gasteiger charge is -2.17. The van der Waals surface area contributed by atoms with Crippen molar-refractivity contribution < 1.29 is 13.6 Å². The zero-order valence-electron chi connectivity index (χ0n) is 10.6. The van der Waals surface area contributed by atoms with Crippen molar-refractivity contribution in [1.29, 1.82) is 0 Å². The molecule has 18 heavy (non-hydrogen) atoms. The molecular weight excluding hydrogens is 236 g/mol. The molecule has 0 heterocycles. The number of nitrogens with one attached hydrogen (secondary N) is 1. The van der Waals surface area contributed by atoms with E-state index in [1.807, 2.05) is 0 Å². The van der Waals surface area contributed by atoms with E-state index in [-0.39, 0.29) is 5.56 Å². The summed E-state index contributed by atoms with van der Waals surface area (Å²) in [5, 5.41) is 2.43. The van der Waals surface area contributed by atoms with E-state index in [4.69, 9.17) is 0 Å². The van der Waals surface area contributed by atoms with Crippen LogP contribution in [-0.4, -0.2) is 13.0 Å². The number of amides is 1. The van der Waals surface area contributed by atoms with Crippen LogP contribution in [0.1, 0.15) is 29.9 Å². The molecule has 1 N–H and O–H groups in total. The molecule has 0 saturated carbocycles. The second-order valence-corrected chi connectivity index (χ2v) is 4.18. The van der Waals surface area contributed by atoms with Gasteiger partial charge in [0.25, 0.3) is 0 Å². The van der Waals surface area contributed by atoms with Crippen LogP contribution in [0.15, 0.2) is 24.8 Å². The first kappa shape index (κ1) is 14.4. The maximum atomic E-state index is 13.8. The second-order valence-electron chi connectivity index (χ2n) is 4.18. The molecule has 0 bridgehead atoms. The minimum atomic E-state index is -0.825. The first-order valence-electron chi connectivity index (χ1n) is 5.79. The van der Waals surface area contributed by atoms with Crippen molar-refractivity contribution in [2.45, 2.75) is 25.7 Å². The van der Waals surface area contributed by atoms with Crippen molar-refractivity contribution in [2.24, 2.45) is 0 Å². The van der Waals surface area contributed by atoms with Gasteiger partial charge in [-0.25, -0.2) is 8.78 Å². The minimum Gasteiger partial charge on any atom is -0.359 e. The normalized spacial score (nSPS) is 12.0. The number of hydrogen-bond donors (Lipinski definition) is 1. The minimum absolute atomic E-state index is 0.165. The third-order valence-corrected chi connectivity index (χ3v) is 2.79. The molecule has 1 unspecified atom stereocenters. The van der Waals surface area contributed by atoms with Gasteiger partial charge in [0.15, 0.2) is 0 Å². The van der Waals surface area contributed by atoms with E-state index in [1.165, 1.54) is 19.2 Å². The standard InChI is InChI=1S/C14H17F2NO/c1-4-5-6-10(14(18)17-3)13-11(15)7-9(2)8-12(13)16/h4,7-8,10H,1,5-6H2,2-3H3,(H,17,18). The summed E-state index contributed by atoms with van der Waals surface area (Å²) >= 11 is 0. The fourth-order valence-electron chi connectivity index (χ4n) is 1.91. The molecule has 1 rings (SSSR count). The molecule has 0 aliphatic heterocycles. The summed E-state index contributed by atoms with van der Waals surface area (Å²) in [4.78, 5) is 11.7. The number of likely N-dealkylation sites (N-methyl/N-ethyl adjacent to an activating group) is 1. The largest absolute Gasteiger partial charge is 0.359 e. The van der Waals surface area contributed by atoms with E-state index in [0.717, 1.165) is 0 Å². The van der Waals surface area contributed by atoms with Crippen molar-refractivity contribution in [3.63, 3.8) is 0 Å². The number of carbonyl (C=O) groups excluding carboxylic acids is 1. The number of aryl methyl sites for hydroxylation is 1. The molecule has 0 aromatic heterocycles. The topological polar surface area (TPSA) is 29.1 Å². The van der Waals surface area contributed by atoms with Crippen LogP contribution in [0, 0.1) is 18.6 Å². The Morgan fingerprint density at radius 1 is 1.44 bits per heavy atom. The van der Waals surface area contributed by atoms with Gasteiger partial charge in [0.2, 0.25) is 5.91 Å². The number of allylic oxidation sites excluding steroid dienone is 1. The molecule has 1 atom stereocenters. The van der Waals surface area contributed by atoms with Gasteiger partial charge in [-0.1, -0.05) is 6.08 Å². The predicted octanol–water partition coefficient (Wildman–Crippen LogP) is 3.07. The average Bonchev–Trinajstić information content (AvgIpc) is 2.31. The summed E-state index contributed by atoms with van der Waals surface area (Å²) in [5.74, 6) is -2.57. The van der Waals surface area contributed by atoms with Gasteiger partial charge in [0, 0.05) is 12.6 Å².